The highest BCUT2D eigenvalue weighted by Gasteiger charge is 2.38. The van der Waals surface area contributed by atoms with Crippen LogP contribution in [-0.2, 0) is 5.41 Å². The minimum atomic E-state index is -0.115. The number of rotatable bonds is 4. The highest BCUT2D eigenvalue weighted by molar-refractivity contribution is 6.30. The minimum Gasteiger partial charge on any atom is -0.350 e. The van der Waals surface area contributed by atoms with Crippen LogP contribution < -0.4 is 5.32 Å². The summed E-state index contributed by atoms with van der Waals surface area (Å²) in [6, 6.07) is 13.3. The van der Waals surface area contributed by atoms with Gasteiger partial charge in [-0.1, -0.05) is 36.2 Å². The zero-order valence-electron chi connectivity index (χ0n) is 11.7. The van der Waals surface area contributed by atoms with Crippen LogP contribution in [0.5, 0.6) is 0 Å². The summed E-state index contributed by atoms with van der Waals surface area (Å²) in [7, 11) is 0. The molecule has 0 radical (unpaired) electrons. The Kier molecular flexibility index (Phi) is 3.93. The van der Waals surface area contributed by atoms with Gasteiger partial charge >= 0.3 is 0 Å². The summed E-state index contributed by atoms with van der Waals surface area (Å²) in [6.45, 7) is 0.643. The van der Waals surface area contributed by atoms with Gasteiger partial charge in [-0.25, -0.2) is 0 Å². The van der Waals surface area contributed by atoms with Gasteiger partial charge in [-0.3, -0.25) is 9.78 Å². The first-order valence-electron chi connectivity index (χ1n) is 7.15. The van der Waals surface area contributed by atoms with Gasteiger partial charge < -0.3 is 5.32 Å². The van der Waals surface area contributed by atoms with Crippen LogP contribution in [0.2, 0.25) is 5.02 Å². The minimum absolute atomic E-state index is 0.0506. The average Bonchev–Trinajstić information content (AvgIpc) is 2.48. The number of benzene rings is 1. The van der Waals surface area contributed by atoms with E-state index in [0.29, 0.717) is 12.2 Å². The average molecular weight is 301 g/mol. The number of aromatic nitrogens is 1. The number of pyridine rings is 1. The van der Waals surface area contributed by atoms with E-state index in [9.17, 15) is 4.79 Å². The van der Waals surface area contributed by atoms with Crippen molar-refractivity contribution in [3.8, 4) is 0 Å². The van der Waals surface area contributed by atoms with Gasteiger partial charge in [-0.2, -0.15) is 0 Å². The fourth-order valence-electron chi connectivity index (χ4n) is 2.81. The van der Waals surface area contributed by atoms with Gasteiger partial charge in [0.05, 0.1) is 0 Å². The summed E-state index contributed by atoms with van der Waals surface area (Å²) in [5, 5.41) is 3.76. The molecule has 21 heavy (non-hydrogen) atoms. The number of halogens is 1. The van der Waals surface area contributed by atoms with Gasteiger partial charge in [-0.05, 0) is 42.7 Å². The van der Waals surface area contributed by atoms with Crippen molar-refractivity contribution in [1.82, 2.24) is 10.3 Å². The van der Waals surface area contributed by atoms with Crippen molar-refractivity contribution < 1.29 is 4.79 Å². The molecule has 108 valence electrons. The number of amides is 1. The second kappa shape index (κ2) is 5.86. The molecule has 3 rings (SSSR count). The number of nitrogens with zero attached hydrogens (tertiary/aromatic N) is 1. The van der Waals surface area contributed by atoms with E-state index >= 15 is 0 Å². The molecule has 4 heteroatoms. The van der Waals surface area contributed by atoms with E-state index in [-0.39, 0.29) is 11.3 Å². The van der Waals surface area contributed by atoms with Gasteiger partial charge in [-0.15, -0.1) is 0 Å². The number of nitrogens with one attached hydrogen (secondary N) is 1. The lowest BCUT2D eigenvalue weighted by atomic mass is 9.64. The van der Waals surface area contributed by atoms with E-state index in [4.69, 9.17) is 11.6 Å². The van der Waals surface area contributed by atoms with Crippen LogP contribution in [0.3, 0.4) is 0 Å². The normalized spacial score (nSPS) is 16.0. The van der Waals surface area contributed by atoms with Crippen LogP contribution in [0, 0.1) is 0 Å². The molecular weight excluding hydrogens is 284 g/mol. The molecule has 1 saturated carbocycles. The lowest BCUT2D eigenvalue weighted by molar-refractivity contribution is 0.0923. The third-order valence-corrected chi connectivity index (χ3v) is 4.50. The van der Waals surface area contributed by atoms with Crippen molar-refractivity contribution in [2.24, 2.45) is 0 Å². The molecule has 0 bridgehead atoms. The lowest BCUT2D eigenvalue weighted by Gasteiger charge is -2.42. The Balaban J connectivity index is 1.70. The first kappa shape index (κ1) is 14.1. The Bertz CT molecular complexity index is 621. The molecule has 0 spiro atoms. The van der Waals surface area contributed by atoms with Crippen molar-refractivity contribution in [3.05, 3.63) is 64.9 Å². The molecule has 0 aliphatic heterocycles. The molecule has 1 heterocycles. The molecule has 0 saturated heterocycles. The van der Waals surface area contributed by atoms with Crippen LogP contribution in [0.4, 0.5) is 0 Å². The second-order valence-electron chi connectivity index (χ2n) is 5.54. The van der Waals surface area contributed by atoms with Crippen LogP contribution in [0.1, 0.15) is 35.3 Å². The molecule has 1 aromatic heterocycles. The number of carbonyl (C=O) groups is 1. The first-order valence-corrected chi connectivity index (χ1v) is 7.53. The number of carbonyl (C=O) groups excluding carboxylic acids is 1. The quantitative estimate of drug-likeness (QED) is 0.937. The summed E-state index contributed by atoms with van der Waals surface area (Å²) < 4.78 is 0. The van der Waals surface area contributed by atoms with Crippen molar-refractivity contribution in [2.75, 3.05) is 6.54 Å². The van der Waals surface area contributed by atoms with Crippen molar-refractivity contribution >= 4 is 17.5 Å². The topological polar surface area (TPSA) is 42.0 Å². The molecule has 1 aliphatic rings. The highest BCUT2D eigenvalue weighted by Crippen LogP contribution is 2.43. The Morgan fingerprint density at radius 1 is 1.19 bits per heavy atom. The van der Waals surface area contributed by atoms with E-state index in [1.54, 1.807) is 18.3 Å². The summed E-state index contributed by atoms with van der Waals surface area (Å²) in [6.07, 6.45) is 5.02. The van der Waals surface area contributed by atoms with E-state index < -0.39 is 0 Å². The van der Waals surface area contributed by atoms with Crippen molar-refractivity contribution in [2.45, 2.75) is 24.7 Å². The van der Waals surface area contributed by atoms with Gasteiger partial charge in [0.15, 0.2) is 0 Å². The fourth-order valence-corrected chi connectivity index (χ4v) is 2.94. The van der Waals surface area contributed by atoms with Crippen LogP contribution >= 0.6 is 11.6 Å². The Morgan fingerprint density at radius 3 is 2.52 bits per heavy atom. The van der Waals surface area contributed by atoms with Gasteiger partial charge in [0.2, 0.25) is 0 Å². The van der Waals surface area contributed by atoms with Gasteiger partial charge in [0.25, 0.3) is 5.91 Å². The third-order valence-electron chi connectivity index (χ3n) is 4.25. The molecule has 2 aromatic rings. The Labute approximate surface area is 129 Å². The van der Waals surface area contributed by atoms with E-state index in [2.05, 4.69) is 22.4 Å². The Morgan fingerprint density at radius 2 is 1.95 bits per heavy atom. The van der Waals surface area contributed by atoms with Crippen molar-refractivity contribution in [3.63, 3.8) is 0 Å². The second-order valence-corrected chi connectivity index (χ2v) is 5.97. The molecule has 1 aliphatic carbocycles. The molecule has 0 unspecified atom stereocenters. The van der Waals surface area contributed by atoms with Crippen LogP contribution in [-0.4, -0.2) is 17.4 Å². The maximum absolute atomic E-state index is 12.1. The monoisotopic (exact) mass is 300 g/mol. The van der Waals surface area contributed by atoms with E-state index in [0.717, 1.165) is 17.9 Å². The summed E-state index contributed by atoms with van der Waals surface area (Å²) in [4.78, 5) is 16.2. The summed E-state index contributed by atoms with van der Waals surface area (Å²) >= 11 is 5.95. The number of hydrogen-bond acceptors (Lipinski definition) is 2. The molecule has 3 nitrogen and oxygen atoms in total. The van der Waals surface area contributed by atoms with Crippen LogP contribution in [0.15, 0.2) is 48.7 Å². The smallest absolute Gasteiger partial charge is 0.269 e. The lowest BCUT2D eigenvalue weighted by Crippen LogP contribution is -2.45. The SMILES string of the molecule is O=C(NCC1(c2ccc(Cl)cc2)CCC1)c1ccccn1. The molecule has 1 fully saturated rings. The first-order chi connectivity index (χ1) is 10.2. The molecule has 1 amide bonds. The Hall–Kier alpha value is -1.87. The predicted octanol–water partition coefficient (Wildman–Crippen LogP) is 3.59. The highest BCUT2D eigenvalue weighted by atomic mass is 35.5. The van der Waals surface area contributed by atoms with Gasteiger partial charge in [0.1, 0.15) is 5.69 Å². The molecule has 1 aromatic carbocycles. The molecular formula is C17H17ClN2O. The standard InChI is InChI=1S/C17H17ClN2O/c18-14-7-5-13(6-8-14)17(9-3-10-17)12-20-16(21)15-4-1-2-11-19-15/h1-2,4-8,11H,3,9-10,12H2,(H,20,21). The molecule has 1 N–H and O–H groups in total. The van der Waals surface area contributed by atoms with Gasteiger partial charge in [0, 0.05) is 23.2 Å². The summed E-state index contributed by atoms with van der Waals surface area (Å²) in [5.41, 5.74) is 1.76. The molecule has 0 atom stereocenters. The van der Waals surface area contributed by atoms with Crippen LogP contribution in [0.25, 0.3) is 0 Å². The maximum atomic E-state index is 12.1. The van der Waals surface area contributed by atoms with E-state index in [1.165, 1.54) is 12.0 Å². The summed E-state index contributed by atoms with van der Waals surface area (Å²) in [5.74, 6) is -0.115. The fraction of sp³-hybridized carbons (Fsp3) is 0.294. The maximum Gasteiger partial charge on any atom is 0.269 e. The van der Waals surface area contributed by atoms with E-state index in [1.807, 2.05) is 18.2 Å². The zero-order valence-corrected chi connectivity index (χ0v) is 12.4. The zero-order chi connectivity index (χ0) is 14.7. The number of hydrogen-bond donors (Lipinski definition) is 1. The largest absolute Gasteiger partial charge is 0.350 e. The third kappa shape index (κ3) is 2.93. The van der Waals surface area contributed by atoms with Crippen molar-refractivity contribution in [1.29, 1.82) is 0 Å². The predicted molar refractivity (Wildman–Crippen MR) is 83.6 cm³/mol.